The van der Waals surface area contributed by atoms with Gasteiger partial charge in [0.05, 0.1) is 22.6 Å². The molecule has 1 heterocycles. The zero-order valence-corrected chi connectivity index (χ0v) is 17.3. The summed E-state index contributed by atoms with van der Waals surface area (Å²) in [7, 11) is 0. The molecular formula is C23H20Cl2N2O. The third-order valence-electron chi connectivity index (χ3n) is 4.76. The maximum atomic E-state index is 6.44. The largest absolute Gasteiger partial charge is 0.492 e. The first-order chi connectivity index (χ1) is 13.5. The molecule has 28 heavy (non-hydrogen) atoms. The van der Waals surface area contributed by atoms with Crippen molar-refractivity contribution in [3.05, 3.63) is 81.8 Å². The van der Waals surface area contributed by atoms with Crippen LogP contribution in [0.5, 0.6) is 5.75 Å². The Hall–Kier alpha value is -2.49. The summed E-state index contributed by atoms with van der Waals surface area (Å²) in [5.41, 5.74) is 4.95. The van der Waals surface area contributed by atoms with E-state index < -0.39 is 0 Å². The van der Waals surface area contributed by atoms with Crippen LogP contribution in [0.25, 0.3) is 22.4 Å². The molecule has 4 rings (SSSR count). The van der Waals surface area contributed by atoms with E-state index in [2.05, 4.69) is 10.6 Å². The topological polar surface area (TPSA) is 27.1 Å². The Morgan fingerprint density at radius 2 is 1.61 bits per heavy atom. The number of aromatic nitrogens is 2. The Bertz CT molecular complexity index is 1130. The lowest BCUT2D eigenvalue weighted by Crippen LogP contribution is -2.10. The number of para-hydroxylation sites is 2. The van der Waals surface area contributed by atoms with E-state index >= 15 is 0 Å². The fraction of sp³-hybridized carbons (Fsp3) is 0.174. The summed E-state index contributed by atoms with van der Waals surface area (Å²) in [6.45, 7) is 5.14. The highest BCUT2D eigenvalue weighted by atomic mass is 35.5. The number of halogens is 2. The van der Waals surface area contributed by atoms with Crippen LogP contribution in [-0.4, -0.2) is 16.2 Å². The molecule has 0 aliphatic carbocycles. The number of ether oxygens (including phenoxy) is 1. The van der Waals surface area contributed by atoms with E-state index in [1.54, 1.807) is 0 Å². The van der Waals surface area contributed by atoms with E-state index in [0.29, 0.717) is 18.2 Å². The van der Waals surface area contributed by atoms with Crippen LogP contribution in [0.3, 0.4) is 0 Å². The highest BCUT2D eigenvalue weighted by molar-refractivity contribution is 6.33. The van der Waals surface area contributed by atoms with Gasteiger partial charge < -0.3 is 9.30 Å². The maximum Gasteiger partial charge on any atom is 0.142 e. The number of benzene rings is 3. The van der Waals surface area contributed by atoms with Crippen molar-refractivity contribution in [1.29, 1.82) is 0 Å². The molecule has 0 spiro atoms. The van der Waals surface area contributed by atoms with Gasteiger partial charge in [0.25, 0.3) is 0 Å². The number of imidazole rings is 1. The summed E-state index contributed by atoms with van der Waals surface area (Å²) in [6.07, 6.45) is 0. The summed E-state index contributed by atoms with van der Waals surface area (Å²) < 4.78 is 8.18. The molecule has 4 aromatic rings. The number of hydrogen-bond acceptors (Lipinski definition) is 2. The van der Waals surface area contributed by atoms with Crippen molar-refractivity contribution in [3.63, 3.8) is 0 Å². The molecule has 0 saturated carbocycles. The van der Waals surface area contributed by atoms with Crippen molar-refractivity contribution in [2.75, 3.05) is 6.61 Å². The van der Waals surface area contributed by atoms with Gasteiger partial charge >= 0.3 is 0 Å². The minimum absolute atomic E-state index is 0.512. The molecule has 0 saturated heterocycles. The molecule has 0 fully saturated rings. The third kappa shape index (κ3) is 3.60. The Morgan fingerprint density at radius 3 is 2.36 bits per heavy atom. The van der Waals surface area contributed by atoms with Gasteiger partial charge in [0.15, 0.2) is 0 Å². The molecule has 0 bridgehead atoms. The van der Waals surface area contributed by atoms with Gasteiger partial charge in [-0.3, -0.25) is 0 Å². The molecule has 0 aliphatic rings. The minimum Gasteiger partial charge on any atom is -0.492 e. The van der Waals surface area contributed by atoms with Crippen molar-refractivity contribution in [2.24, 2.45) is 0 Å². The van der Waals surface area contributed by atoms with Crippen LogP contribution in [0.4, 0.5) is 0 Å². The number of rotatable bonds is 5. The van der Waals surface area contributed by atoms with E-state index in [9.17, 15) is 0 Å². The monoisotopic (exact) mass is 410 g/mol. The molecular weight excluding hydrogens is 391 g/mol. The highest BCUT2D eigenvalue weighted by Gasteiger charge is 2.14. The maximum absolute atomic E-state index is 6.44. The van der Waals surface area contributed by atoms with Crippen molar-refractivity contribution < 1.29 is 4.74 Å². The Labute approximate surface area is 174 Å². The molecule has 0 N–H and O–H groups in total. The molecule has 0 unspecified atom stereocenters. The van der Waals surface area contributed by atoms with Gasteiger partial charge in [-0.1, -0.05) is 47.5 Å². The number of nitrogens with zero attached hydrogens (tertiary/aromatic N) is 2. The Kier molecular flexibility index (Phi) is 5.29. The van der Waals surface area contributed by atoms with Crippen molar-refractivity contribution in [3.8, 4) is 17.1 Å². The lowest BCUT2D eigenvalue weighted by Gasteiger charge is -2.13. The molecule has 0 atom stereocenters. The SMILES string of the molecule is Cc1cc(OCCn2c(-c3ccccc3Cl)nc3ccccc32)cc(C)c1Cl. The van der Waals surface area contributed by atoms with E-state index in [4.69, 9.17) is 32.9 Å². The van der Waals surface area contributed by atoms with Gasteiger partial charge in [0, 0.05) is 10.6 Å². The van der Waals surface area contributed by atoms with E-state index in [1.807, 2.05) is 68.4 Å². The van der Waals surface area contributed by atoms with E-state index in [-0.39, 0.29) is 0 Å². The van der Waals surface area contributed by atoms with Gasteiger partial charge in [0.2, 0.25) is 0 Å². The van der Waals surface area contributed by atoms with Gasteiger partial charge in [-0.15, -0.1) is 0 Å². The smallest absolute Gasteiger partial charge is 0.142 e. The van der Waals surface area contributed by atoms with Crippen LogP contribution >= 0.6 is 23.2 Å². The first-order valence-electron chi connectivity index (χ1n) is 9.14. The summed E-state index contributed by atoms with van der Waals surface area (Å²) in [5.74, 6) is 1.67. The van der Waals surface area contributed by atoms with E-state index in [0.717, 1.165) is 44.3 Å². The average molecular weight is 411 g/mol. The van der Waals surface area contributed by atoms with Crippen LogP contribution < -0.4 is 4.74 Å². The minimum atomic E-state index is 0.512. The molecule has 142 valence electrons. The second-order valence-corrected chi connectivity index (χ2v) is 7.56. The normalized spacial score (nSPS) is 11.1. The number of hydrogen-bond donors (Lipinski definition) is 0. The second-order valence-electron chi connectivity index (χ2n) is 6.78. The number of aryl methyl sites for hydroxylation is 2. The predicted molar refractivity (Wildman–Crippen MR) is 117 cm³/mol. The molecule has 3 nitrogen and oxygen atoms in total. The lowest BCUT2D eigenvalue weighted by molar-refractivity contribution is 0.300. The van der Waals surface area contributed by atoms with Crippen LogP contribution in [-0.2, 0) is 6.54 Å². The first-order valence-corrected chi connectivity index (χ1v) is 9.90. The van der Waals surface area contributed by atoms with Crippen molar-refractivity contribution in [1.82, 2.24) is 9.55 Å². The van der Waals surface area contributed by atoms with Crippen LogP contribution in [0.1, 0.15) is 11.1 Å². The predicted octanol–water partition coefficient (Wildman–Crippen LogP) is 6.71. The fourth-order valence-corrected chi connectivity index (χ4v) is 3.72. The van der Waals surface area contributed by atoms with Crippen LogP contribution in [0.15, 0.2) is 60.7 Å². The van der Waals surface area contributed by atoms with E-state index in [1.165, 1.54) is 0 Å². The molecule has 1 aromatic heterocycles. The highest BCUT2D eigenvalue weighted by Crippen LogP contribution is 2.30. The Morgan fingerprint density at radius 1 is 0.929 bits per heavy atom. The fourth-order valence-electron chi connectivity index (χ4n) is 3.39. The van der Waals surface area contributed by atoms with Crippen molar-refractivity contribution in [2.45, 2.75) is 20.4 Å². The molecule has 0 aliphatic heterocycles. The molecule has 3 aromatic carbocycles. The first kappa shape index (κ1) is 18.9. The summed E-state index contributed by atoms with van der Waals surface area (Å²) in [5, 5.41) is 1.47. The summed E-state index contributed by atoms with van der Waals surface area (Å²) in [4.78, 5) is 4.81. The van der Waals surface area contributed by atoms with Crippen LogP contribution in [0.2, 0.25) is 10.0 Å². The average Bonchev–Trinajstić information content (AvgIpc) is 3.05. The van der Waals surface area contributed by atoms with Gasteiger partial charge in [-0.2, -0.15) is 0 Å². The molecule has 0 radical (unpaired) electrons. The second kappa shape index (κ2) is 7.86. The van der Waals surface area contributed by atoms with Gasteiger partial charge in [-0.25, -0.2) is 4.98 Å². The lowest BCUT2D eigenvalue weighted by atomic mass is 10.1. The standard InChI is InChI=1S/C23H20Cl2N2O/c1-15-13-17(14-16(2)22(15)25)28-12-11-27-21-10-6-5-9-20(21)26-23(27)18-7-3-4-8-19(18)24/h3-10,13-14H,11-12H2,1-2H3. The third-order valence-corrected chi connectivity index (χ3v) is 5.69. The zero-order valence-electron chi connectivity index (χ0n) is 15.7. The summed E-state index contributed by atoms with van der Waals surface area (Å²) in [6, 6.07) is 19.8. The molecule has 0 amide bonds. The summed E-state index contributed by atoms with van der Waals surface area (Å²) >= 11 is 12.7. The Balaban J connectivity index is 1.65. The van der Waals surface area contributed by atoms with Gasteiger partial charge in [0.1, 0.15) is 18.2 Å². The van der Waals surface area contributed by atoms with Crippen LogP contribution in [0, 0.1) is 13.8 Å². The zero-order chi connectivity index (χ0) is 19.7. The molecule has 5 heteroatoms. The van der Waals surface area contributed by atoms with Gasteiger partial charge in [-0.05, 0) is 61.4 Å². The number of fused-ring (bicyclic) bond motifs is 1. The van der Waals surface area contributed by atoms with Crippen molar-refractivity contribution >= 4 is 34.2 Å². The quantitative estimate of drug-likeness (QED) is 0.365.